The number of nitrogens with zero attached hydrogens (tertiary/aromatic N) is 9. The van der Waals surface area contributed by atoms with Crippen molar-refractivity contribution < 1.29 is 37.1 Å². The van der Waals surface area contributed by atoms with Crippen LogP contribution in [-0.2, 0) is 32.1 Å². The zero-order valence-electron chi connectivity index (χ0n) is 69.7. The Morgan fingerprint density at radius 3 is 0.967 bits per heavy atom. The molecule has 0 aliphatic rings. The van der Waals surface area contributed by atoms with Gasteiger partial charge in [-0.05, 0) is 213 Å². The van der Waals surface area contributed by atoms with Crippen LogP contribution in [0.1, 0.15) is 107 Å². The second kappa shape index (κ2) is 43.9. The lowest BCUT2D eigenvalue weighted by atomic mass is 10.0. The van der Waals surface area contributed by atoms with Gasteiger partial charge in [-0.3, -0.25) is 48.9 Å². The number of carbonyl (C=O) groups excluding carboxylic acids is 5. The molecule has 0 amide bonds. The molecular weight excluding hydrogens is 1540 g/mol. The van der Waals surface area contributed by atoms with E-state index >= 15 is 0 Å². The Balaban J connectivity index is 0.000000150. The molecule has 0 radical (unpaired) electrons. The minimum atomic E-state index is -0.390. The van der Waals surface area contributed by atoms with Crippen molar-refractivity contribution in [3.05, 3.63) is 448 Å². The summed E-state index contributed by atoms with van der Waals surface area (Å²) in [5.74, 6) is 1.60. The highest BCUT2D eigenvalue weighted by molar-refractivity contribution is 6.00. The van der Waals surface area contributed by atoms with Crippen LogP contribution in [0.15, 0.2) is 347 Å². The van der Waals surface area contributed by atoms with Crippen molar-refractivity contribution in [1.82, 2.24) is 24.9 Å². The number of halogens is 3. The Labute approximate surface area is 717 Å². The number of rotatable bonds is 25. The molecule has 0 saturated heterocycles. The average Bonchev–Trinajstić information content (AvgIpc) is 0.830. The second-order valence-corrected chi connectivity index (χ2v) is 29.5. The van der Waals surface area contributed by atoms with Gasteiger partial charge in [0.25, 0.3) is 0 Å². The van der Waals surface area contributed by atoms with E-state index in [2.05, 4.69) is 47.1 Å². The molecule has 15 nitrogen and oxygen atoms in total. The summed E-state index contributed by atoms with van der Waals surface area (Å²) in [6.45, 7) is 7.91. The number of aromatic nitrogens is 5. The highest BCUT2D eigenvalue weighted by atomic mass is 19.1. The topological polar surface area (TPSA) is 175 Å². The molecule has 0 atom stereocenters. The molecule has 614 valence electrons. The van der Waals surface area contributed by atoms with E-state index in [1.54, 1.807) is 86.0 Å². The lowest BCUT2D eigenvalue weighted by Gasteiger charge is -2.20. The van der Waals surface area contributed by atoms with Gasteiger partial charge >= 0.3 is 0 Å². The van der Waals surface area contributed by atoms with Crippen molar-refractivity contribution in [3.63, 3.8) is 0 Å². The van der Waals surface area contributed by atoms with Gasteiger partial charge in [-0.15, -0.1) is 6.42 Å². The Kier molecular flexibility index (Phi) is 31.6. The van der Waals surface area contributed by atoms with Gasteiger partial charge in [-0.2, -0.15) is 0 Å². The van der Waals surface area contributed by atoms with Crippen LogP contribution in [0, 0.1) is 57.5 Å². The normalized spacial score (nSPS) is 10.4. The lowest BCUT2D eigenvalue weighted by Crippen LogP contribution is -2.11. The first-order valence-electron chi connectivity index (χ1n) is 39.7. The van der Waals surface area contributed by atoms with Crippen LogP contribution in [-0.4, -0.2) is 82.0 Å². The Hall–Kier alpha value is -15.4. The van der Waals surface area contributed by atoms with Crippen LogP contribution in [0.2, 0.25) is 0 Å². The van der Waals surface area contributed by atoms with Crippen molar-refractivity contribution in [2.24, 2.45) is 0 Å². The number of hydrogen-bond acceptors (Lipinski definition) is 15. The number of hydrogen-bond donors (Lipinski definition) is 1. The van der Waals surface area contributed by atoms with Gasteiger partial charge in [0.1, 0.15) is 17.5 Å². The summed E-state index contributed by atoms with van der Waals surface area (Å²) in [5.41, 5.74) is 21.0. The number of nitrogens with one attached hydrogen (secondary N) is 1. The molecule has 123 heavy (non-hydrogen) atoms. The van der Waals surface area contributed by atoms with Gasteiger partial charge in [-0.1, -0.05) is 150 Å². The van der Waals surface area contributed by atoms with E-state index in [0.717, 1.165) is 89.9 Å². The zero-order chi connectivity index (χ0) is 87.2. The first kappa shape index (κ1) is 88.5. The largest absolute Gasteiger partial charge is 0.354 e. The van der Waals surface area contributed by atoms with Gasteiger partial charge in [0.15, 0.2) is 28.9 Å². The van der Waals surface area contributed by atoms with E-state index in [4.69, 9.17) is 6.42 Å². The Morgan fingerprint density at radius 2 is 0.593 bits per heavy atom. The number of aryl methyl sites for hydroxylation is 4. The smallest absolute Gasteiger partial charge is 0.167 e. The molecule has 18 heteroatoms. The molecule has 5 heterocycles. The van der Waals surface area contributed by atoms with Crippen LogP contribution < -0.4 is 24.9 Å². The zero-order valence-corrected chi connectivity index (χ0v) is 69.7. The number of Topliss-reactive ketones (excluding diaryl/α,β-unsaturated/α-hetero) is 5. The molecular formula is C105H93F3N10O5. The third-order valence-corrected chi connectivity index (χ3v) is 19.8. The van der Waals surface area contributed by atoms with Crippen LogP contribution in [0.5, 0.6) is 0 Å². The number of benzene rings is 10. The monoisotopic (exact) mass is 1630 g/mol. The van der Waals surface area contributed by atoms with Gasteiger partial charge in [0, 0.05) is 153 Å². The fourth-order valence-electron chi connectivity index (χ4n) is 13.3. The predicted molar refractivity (Wildman–Crippen MR) is 488 cm³/mol. The standard InChI is InChI=1S/C22H17FN2O.2C21H19FN2O.C21H20N2O.C20H18N2O/c1-3-16-6-4-7-18(10-16)22(26)13-17-11-19(23)14-21(12-17)25(2)20-8-5-9-24-15-20;1-15-5-3-7-17(9-15)21(25)11-16-6-4-8-19(10-16)24(2)20-12-18(22)13-23-14-20;1-15-5-3-6-17(9-15)21(25)12-16-10-18(22)13-20(11-16)24(2)19-7-4-8-23-14-19;1-16-6-3-8-18(12-16)21(24)14-17-7-4-9-19(13-17)23(2)20-10-5-11-22-15-20;1-15-5-2-7-17(11-15)20(23)13-16-6-3-8-18(12-16)22-19-9-4-10-21-14-19/h1,4-12,14-15H,13H2,2H3;3-10,12-14H,11H2,1-2H3;3-11,13-14H,12H2,1-2H3;3-13,15H,14H2,1-2H3;2-12,14,22H,13H2,1H3. The third kappa shape index (κ3) is 26.8. The maximum atomic E-state index is 14.1. The van der Waals surface area contributed by atoms with E-state index in [1.807, 2.05) is 289 Å². The molecule has 0 fully saturated rings. The molecule has 10 aromatic carbocycles. The SMILES string of the molecule is C#Cc1cccc(C(=O)Cc2cc(F)cc(N(C)c3cccnc3)c2)c1.Cc1cccc(C(=O)Cc2cc(F)cc(N(C)c3cccnc3)c2)c1.Cc1cccc(C(=O)Cc2cccc(N(C)c3cccnc3)c2)c1.Cc1cccc(C(=O)Cc2cccc(N(C)c3cncc(F)c3)c2)c1.Cc1cccc(C(=O)Cc2cccc(Nc3cccnc3)c2)c1. The number of carbonyl (C=O) groups is 5. The first-order chi connectivity index (χ1) is 59.4. The molecule has 5 aromatic heterocycles. The fraction of sp³-hybridized carbons (Fsp3) is 0.124. The van der Waals surface area contributed by atoms with E-state index in [0.29, 0.717) is 69.7 Å². The molecule has 1 N–H and O–H groups in total. The number of anilines is 10. The molecule has 0 aliphatic carbocycles. The molecule has 0 saturated carbocycles. The molecule has 15 aromatic rings. The third-order valence-electron chi connectivity index (χ3n) is 19.8. The van der Waals surface area contributed by atoms with Crippen molar-refractivity contribution >= 4 is 85.8 Å². The molecule has 15 rings (SSSR count). The molecule has 0 unspecified atom stereocenters. The summed E-state index contributed by atoms with van der Waals surface area (Å²) in [7, 11) is 7.52. The maximum absolute atomic E-state index is 14.1. The molecule has 0 spiro atoms. The summed E-state index contributed by atoms with van der Waals surface area (Å²) in [6, 6.07) is 87.0. The highest BCUT2D eigenvalue weighted by Crippen LogP contribution is 2.31. The van der Waals surface area contributed by atoms with E-state index in [9.17, 15) is 37.1 Å². The number of ketones is 5. The first-order valence-corrected chi connectivity index (χ1v) is 39.7. The maximum Gasteiger partial charge on any atom is 0.167 e. The number of pyridine rings is 5. The quantitative estimate of drug-likeness (QED) is 0.0422. The Morgan fingerprint density at radius 1 is 0.285 bits per heavy atom. The van der Waals surface area contributed by atoms with Crippen LogP contribution in [0.4, 0.5) is 70.0 Å². The molecule has 0 aliphatic heterocycles. The van der Waals surface area contributed by atoms with Crippen molar-refractivity contribution in [1.29, 1.82) is 0 Å². The van der Waals surface area contributed by atoms with E-state index in [-0.39, 0.29) is 53.4 Å². The van der Waals surface area contributed by atoms with Gasteiger partial charge < -0.3 is 24.9 Å². The van der Waals surface area contributed by atoms with E-state index in [1.165, 1.54) is 36.5 Å². The summed E-state index contributed by atoms with van der Waals surface area (Å²) < 4.78 is 41.5. The van der Waals surface area contributed by atoms with Crippen molar-refractivity contribution in [3.8, 4) is 12.3 Å². The summed E-state index contributed by atoms with van der Waals surface area (Å²) in [6.07, 6.45) is 23.4. The van der Waals surface area contributed by atoms with Crippen molar-refractivity contribution in [2.75, 3.05) is 53.1 Å². The van der Waals surface area contributed by atoms with Crippen LogP contribution in [0.25, 0.3) is 0 Å². The summed E-state index contributed by atoms with van der Waals surface area (Å²) in [4.78, 5) is 90.2. The number of terminal acetylenes is 1. The summed E-state index contributed by atoms with van der Waals surface area (Å²) >= 11 is 0. The average molecular weight is 1630 g/mol. The van der Waals surface area contributed by atoms with Gasteiger partial charge in [0.2, 0.25) is 0 Å². The minimum Gasteiger partial charge on any atom is -0.354 e. The minimum absolute atomic E-state index is 0.0238. The molecule has 0 bridgehead atoms. The van der Waals surface area contributed by atoms with Crippen LogP contribution in [0.3, 0.4) is 0 Å². The summed E-state index contributed by atoms with van der Waals surface area (Å²) in [5, 5.41) is 3.29. The highest BCUT2D eigenvalue weighted by Gasteiger charge is 2.18. The Bertz CT molecular complexity index is 6170. The van der Waals surface area contributed by atoms with Crippen LogP contribution >= 0.6 is 0 Å². The fourth-order valence-corrected chi connectivity index (χ4v) is 13.3. The lowest BCUT2D eigenvalue weighted by molar-refractivity contribution is 0.0984. The predicted octanol–water partition coefficient (Wildman–Crippen LogP) is 23.0. The van der Waals surface area contributed by atoms with Gasteiger partial charge in [-0.25, -0.2) is 13.2 Å². The van der Waals surface area contributed by atoms with E-state index < -0.39 is 5.82 Å². The van der Waals surface area contributed by atoms with Gasteiger partial charge in [0.05, 0.1) is 65.6 Å². The van der Waals surface area contributed by atoms with Crippen molar-refractivity contribution in [2.45, 2.75) is 59.8 Å². The second-order valence-electron chi connectivity index (χ2n) is 29.5.